The van der Waals surface area contributed by atoms with Gasteiger partial charge in [0.05, 0.1) is 0 Å². The van der Waals surface area contributed by atoms with Gasteiger partial charge >= 0.3 is 0 Å². The first-order valence-electron chi connectivity index (χ1n) is 5.48. The Hall–Kier alpha value is -0.370. The summed E-state index contributed by atoms with van der Waals surface area (Å²) < 4.78 is 5.35. The third-order valence-electron chi connectivity index (χ3n) is 3.16. The van der Waals surface area contributed by atoms with Crippen LogP contribution >= 0.6 is 0 Å². The van der Waals surface area contributed by atoms with Gasteiger partial charge in [-0.3, -0.25) is 4.79 Å². The average Bonchev–Trinajstić information content (AvgIpc) is 1.98. The summed E-state index contributed by atoms with van der Waals surface area (Å²) in [6, 6.07) is 0. The molecule has 0 spiro atoms. The number of hydrogen-bond acceptors (Lipinski definition) is 2. The Kier molecular flexibility index (Phi) is 3.36. The fourth-order valence-electron chi connectivity index (χ4n) is 1.81. The molecule has 1 aliphatic carbocycles. The number of methoxy groups -OCH3 is 1. The van der Waals surface area contributed by atoms with E-state index < -0.39 is 5.60 Å². The molecule has 0 atom stereocenters. The molecule has 0 heterocycles. The van der Waals surface area contributed by atoms with E-state index in [1.54, 1.807) is 7.11 Å². The number of hydrogen-bond donors (Lipinski definition) is 0. The zero-order valence-corrected chi connectivity index (χ0v) is 9.85. The quantitative estimate of drug-likeness (QED) is 0.694. The van der Waals surface area contributed by atoms with E-state index in [2.05, 4.69) is 20.8 Å². The van der Waals surface area contributed by atoms with Gasteiger partial charge in [-0.2, -0.15) is 0 Å². The molecule has 2 heteroatoms. The van der Waals surface area contributed by atoms with Gasteiger partial charge in [0.15, 0.2) is 5.78 Å². The van der Waals surface area contributed by atoms with Gasteiger partial charge in [-0.15, -0.1) is 0 Å². The Labute approximate surface area is 87.0 Å². The van der Waals surface area contributed by atoms with Crippen molar-refractivity contribution in [2.75, 3.05) is 7.11 Å². The SMILES string of the molecule is COC1(C(=O)CCC(C)(C)C)CCC1. The molecule has 0 unspecified atom stereocenters. The predicted molar refractivity (Wildman–Crippen MR) is 57.3 cm³/mol. The Morgan fingerprint density at radius 2 is 1.93 bits per heavy atom. The van der Waals surface area contributed by atoms with E-state index in [1.165, 1.54) is 0 Å². The maximum absolute atomic E-state index is 11.9. The van der Waals surface area contributed by atoms with Crippen molar-refractivity contribution in [3.8, 4) is 0 Å². The van der Waals surface area contributed by atoms with E-state index >= 15 is 0 Å². The van der Waals surface area contributed by atoms with E-state index in [0.717, 1.165) is 25.7 Å². The molecule has 0 N–H and O–H groups in total. The van der Waals surface area contributed by atoms with Gasteiger partial charge in [0, 0.05) is 13.5 Å². The molecule has 1 aliphatic rings. The second-order valence-electron chi connectivity index (χ2n) is 5.54. The van der Waals surface area contributed by atoms with Gasteiger partial charge in [-0.25, -0.2) is 0 Å². The van der Waals surface area contributed by atoms with Crippen molar-refractivity contribution in [1.29, 1.82) is 0 Å². The summed E-state index contributed by atoms with van der Waals surface area (Å²) in [4.78, 5) is 11.9. The summed E-state index contributed by atoms with van der Waals surface area (Å²) in [6.45, 7) is 6.50. The van der Waals surface area contributed by atoms with E-state index in [0.29, 0.717) is 12.2 Å². The number of Topliss-reactive ketones (excluding diaryl/α,β-unsaturated/α-hetero) is 1. The number of carbonyl (C=O) groups is 1. The van der Waals surface area contributed by atoms with Gasteiger partial charge < -0.3 is 4.74 Å². The highest BCUT2D eigenvalue weighted by Crippen LogP contribution is 2.37. The number of ether oxygens (including phenoxy) is 1. The lowest BCUT2D eigenvalue weighted by Crippen LogP contribution is -2.47. The largest absolute Gasteiger partial charge is 0.370 e. The monoisotopic (exact) mass is 198 g/mol. The van der Waals surface area contributed by atoms with Crippen molar-refractivity contribution >= 4 is 5.78 Å². The summed E-state index contributed by atoms with van der Waals surface area (Å²) in [5.74, 6) is 0.307. The van der Waals surface area contributed by atoms with E-state index in [4.69, 9.17) is 4.74 Å². The molecule has 82 valence electrons. The van der Waals surface area contributed by atoms with Crippen molar-refractivity contribution < 1.29 is 9.53 Å². The first-order chi connectivity index (χ1) is 6.40. The van der Waals surface area contributed by atoms with Crippen molar-refractivity contribution in [3.05, 3.63) is 0 Å². The van der Waals surface area contributed by atoms with Crippen LogP contribution in [0, 0.1) is 5.41 Å². The lowest BCUT2D eigenvalue weighted by molar-refractivity contribution is -0.152. The first-order valence-corrected chi connectivity index (χ1v) is 5.48. The number of ketones is 1. The summed E-state index contributed by atoms with van der Waals surface area (Å²) in [5, 5.41) is 0. The lowest BCUT2D eigenvalue weighted by atomic mass is 9.74. The molecule has 1 saturated carbocycles. The van der Waals surface area contributed by atoms with Crippen LogP contribution in [0.15, 0.2) is 0 Å². The van der Waals surface area contributed by atoms with Crippen LogP contribution in [-0.4, -0.2) is 18.5 Å². The van der Waals surface area contributed by atoms with Crippen LogP contribution in [0.3, 0.4) is 0 Å². The van der Waals surface area contributed by atoms with Crippen LogP contribution in [0.4, 0.5) is 0 Å². The highest BCUT2D eigenvalue weighted by molar-refractivity contribution is 5.88. The molecule has 0 saturated heterocycles. The Bertz CT molecular complexity index is 203. The molecule has 0 amide bonds. The number of rotatable bonds is 4. The fourth-order valence-corrected chi connectivity index (χ4v) is 1.81. The third-order valence-corrected chi connectivity index (χ3v) is 3.16. The van der Waals surface area contributed by atoms with Gasteiger partial charge in [0.1, 0.15) is 5.60 Å². The average molecular weight is 198 g/mol. The Morgan fingerprint density at radius 3 is 2.21 bits per heavy atom. The Balaban J connectivity index is 2.42. The summed E-state index contributed by atoms with van der Waals surface area (Å²) in [5.41, 5.74) is -0.153. The van der Waals surface area contributed by atoms with Crippen molar-refractivity contribution in [2.24, 2.45) is 5.41 Å². The van der Waals surface area contributed by atoms with E-state index in [9.17, 15) is 4.79 Å². The van der Waals surface area contributed by atoms with Crippen LogP contribution in [0.5, 0.6) is 0 Å². The van der Waals surface area contributed by atoms with Gasteiger partial charge in [0.25, 0.3) is 0 Å². The normalized spacial score (nSPS) is 20.3. The molecule has 0 aromatic carbocycles. The minimum atomic E-state index is -0.398. The molecule has 14 heavy (non-hydrogen) atoms. The molecule has 0 radical (unpaired) electrons. The van der Waals surface area contributed by atoms with Crippen molar-refractivity contribution in [3.63, 3.8) is 0 Å². The maximum atomic E-state index is 11.9. The standard InChI is InChI=1S/C12H22O2/c1-11(2,3)9-6-10(13)12(14-4)7-5-8-12/h5-9H2,1-4H3. The minimum absolute atomic E-state index is 0.244. The van der Waals surface area contributed by atoms with E-state index in [-0.39, 0.29) is 5.41 Å². The highest BCUT2D eigenvalue weighted by Gasteiger charge is 2.43. The molecule has 0 aromatic heterocycles. The first kappa shape index (κ1) is 11.7. The molecule has 0 aliphatic heterocycles. The molecule has 0 bridgehead atoms. The van der Waals surface area contributed by atoms with Gasteiger partial charge in [0.2, 0.25) is 0 Å². The summed E-state index contributed by atoms with van der Waals surface area (Å²) >= 11 is 0. The third kappa shape index (κ3) is 2.57. The minimum Gasteiger partial charge on any atom is -0.370 e. The fraction of sp³-hybridized carbons (Fsp3) is 0.917. The zero-order chi connectivity index (χ0) is 10.8. The smallest absolute Gasteiger partial charge is 0.164 e. The van der Waals surface area contributed by atoms with Crippen LogP contribution in [0.25, 0.3) is 0 Å². The molecular weight excluding hydrogens is 176 g/mol. The second kappa shape index (κ2) is 4.01. The van der Waals surface area contributed by atoms with Gasteiger partial charge in [-0.1, -0.05) is 20.8 Å². The summed E-state index contributed by atoms with van der Waals surface area (Å²) in [7, 11) is 1.66. The molecule has 2 nitrogen and oxygen atoms in total. The molecule has 1 rings (SSSR count). The van der Waals surface area contributed by atoms with Crippen LogP contribution < -0.4 is 0 Å². The van der Waals surface area contributed by atoms with Gasteiger partial charge in [-0.05, 0) is 31.1 Å². The van der Waals surface area contributed by atoms with Crippen molar-refractivity contribution in [1.82, 2.24) is 0 Å². The molecular formula is C12H22O2. The molecule has 1 fully saturated rings. The van der Waals surface area contributed by atoms with E-state index in [1.807, 2.05) is 0 Å². The second-order valence-corrected chi connectivity index (χ2v) is 5.54. The number of carbonyl (C=O) groups excluding carboxylic acids is 1. The van der Waals surface area contributed by atoms with Crippen molar-refractivity contribution in [2.45, 2.75) is 58.5 Å². The van der Waals surface area contributed by atoms with Crippen LogP contribution in [-0.2, 0) is 9.53 Å². The lowest BCUT2D eigenvalue weighted by Gasteiger charge is -2.39. The summed E-state index contributed by atoms with van der Waals surface area (Å²) in [6.07, 6.45) is 4.60. The van der Waals surface area contributed by atoms with Crippen LogP contribution in [0.1, 0.15) is 52.9 Å². The Morgan fingerprint density at radius 1 is 1.36 bits per heavy atom. The molecule has 0 aromatic rings. The van der Waals surface area contributed by atoms with Crippen LogP contribution in [0.2, 0.25) is 0 Å². The zero-order valence-electron chi connectivity index (χ0n) is 9.85. The maximum Gasteiger partial charge on any atom is 0.164 e. The predicted octanol–water partition coefficient (Wildman–Crippen LogP) is 2.95. The topological polar surface area (TPSA) is 26.3 Å². The highest BCUT2D eigenvalue weighted by atomic mass is 16.5.